The van der Waals surface area contributed by atoms with Gasteiger partial charge in [-0.3, -0.25) is 5.32 Å². The lowest BCUT2D eigenvalue weighted by Crippen LogP contribution is -2.13. The van der Waals surface area contributed by atoms with E-state index in [1.54, 1.807) is 6.07 Å². The summed E-state index contributed by atoms with van der Waals surface area (Å²) in [5, 5.41) is 22.5. The number of anilines is 1. The molecule has 0 atom stereocenters. The Labute approximate surface area is 136 Å². The van der Waals surface area contributed by atoms with Crippen molar-refractivity contribution in [3.63, 3.8) is 0 Å². The molecular formula is C12H5Cl2F3N4O2. The van der Waals surface area contributed by atoms with Gasteiger partial charge in [-0.1, -0.05) is 23.2 Å². The molecule has 0 fully saturated rings. The molecule has 0 aliphatic rings. The van der Waals surface area contributed by atoms with E-state index in [4.69, 9.17) is 33.6 Å². The fourth-order valence-electron chi connectivity index (χ4n) is 1.74. The van der Waals surface area contributed by atoms with Crippen LogP contribution in [0.25, 0.3) is 5.69 Å². The van der Waals surface area contributed by atoms with Gasteiger partial charge in [0.15, 0.2) is 5.69 Å². The van der Waals surface area contributed by atoms with Crippen LogP contribution in [0.3, 0.4) is 0 Å². The van der Waals surface area contributed by atoms with Crippen molar-refractivity contribution in [3.05, 3.63) is 39.5 Å². The fourth-order valence-corrected chi connectivity index (χ4v) is 2.38. The number of nitrogens with zero attached hydrogens (tertiary/aromatic N) is 3. The third-order valence-corrected chi connectivity index (χ3v) is 3.19. The Hall–Kier alpha value is -2.44. The van der Waals surface area contributed by atoms with Crippen LogP contribution in [0.4, 0.5) is 23.8 Å². The lowest BCUT2D eigenvalue weighted by atomic mass is 10.2. The van der Waals surface area contributed by atoms with E-state index in [1.165, 1.54) is 0 Å². The summed E-state index contributed by atoms with van der Waals surface area (Å²) >= 11 is 11.7. The third kappa shape index (κ3) is 3.49. The first-order chi connectivity index (χ1) is 10.6. The van der Waals surface area contributed by atoms with E-state index >= 15 is 0 Å². The van der Waals surface area contributed by atoms with Crippen LogP contribution in [-0.4, -0.2) is 21.0 Å². The number of nitrogens with one attached hydrogen (secondary N) is 1. The highest BCUT2D eigenvalue weighted by Gasteiger charge is 2.32. The Bertz CT molecular complexity index is 804. The second-order valence-corrected chi connectivity index (χ2v) is 4.97. The Kier molecular flexibility index (Phi) is 4.40. The number of carbonyl (C=O) groups is 1. The number of alkyl halides is 3. The van der Waals surface area contributed by atoms with E-state index in [-0.39, 0.29) is 17.2 Å². The summed E-state index contributed by atoms with van der Waals surface area (Å²) in [7, 11) is 0. The molecule has 120 valence electrons. The number of carboxylic acid groups (broad SMARTS) is 1. The molecule has 2 aromatic rings. The molecule has 0 saturated carbocycles. The van der Waals surface area contributed by atoms with E-state index in [2.05, 4.69) is 5.10 Å². The minimum atomic E-state index is -4.66. The van der Waals surface area contributed by atoms with Gasteiger partial charge in [0, 0.05) is 6.07 Å². The lowest BCUT2D eigenvalue weighted by molar-refractivity contribution is -0.137. The van der Waals surface area contributed by atoms with Crippen molar-refractivity contribution in [3.8, 4) is 11.8 Å². The molecule has 23 heavy (non-hydrogen) atoms. The second-order valence-electron chi connectivity index (χ2n) is 4.15. The van der Waals surface area contributed by atoms with Crippen molar-refractivity contribution in [2.24, 2.45) is 0 Å². The van der Waals surface area contributed by atoms with Crippen LogP contribution in [0.15, 0.2) is 18.2 Å². The maximum atomic E-state index is 12.7. The number of hydrogen-bond donors (Lipinski definition) is 2. The normalized spacial score (nSPS) is 11.1. The highest BCUT2D eigenvalue weighted by Crippen LogP contribution is 2.38. The van der Waals surface area contributed by atoms with Gasteiger partial charge in [-0.05, 0) is 12.1 Å². The summed E-state index contributed by atoms with van der Waals surface area (Å²) in [6.07, 6.45) is -6.12. The molecule has 1 aromatic carbocycles. The quantitative estimate of drug-likeness (QED) is 0.836. The molecule has 0 saturated heterocycles. The third-order valence-electron chi connectivity index (χ3n) is 2.61. The van der Waals surface area contributed by atoms with E-state index < -0.39 is 27.9 Å². The van der Waals surface area contributed by atoms with Crippen LogP contribution in [-0.2, 0) is 6.18 Å². The van der Waals surface area contributed by atoms with Crippen molar-refractivity contribution in [1.82, 2.24) is 9.78 Å². The number of nitriles is 1. The summed E-state index contributed by atoms with van der Waals surface area (Å²) in [6.45, 7) is 0. The van der Waals surface area contributed by atoms with Crippen LogP contribution in [0.5, 0.6) is 0 Å². The first-order valence-corrected chi connectivity index (χ1v) is 6.46. The van der Waals surface area contributed by atoms with Gasteiger partial charge in [0.05, 0.1) is 15.6 Å². The van der Waals surface area contributed by atoms with Gasteiger partial charge >= 0.3 is 12.3 Å². The maximum absolute atomic E-state index is 12.7. The van der Waals surface area contributed by atoms with E-state index in [1.807, 2.05) is 5.32 Å². The number of rotatable bonds is 2. The second kappa shape index (κ2) is 5.98. The summed E-state index contributed by atoms with van der Waals surface area (Å²) in [6, 6.07) is 4.01. The van der Waals surface area contributed by atoms with Gasteiger partial charge in [0.1, 0.15) is 17.6 Å². The SMILES string of the molecule is N#Cc1cc(NC(=O)O)n(-c2c(Cl)cc(C(F)(F)F)cc2Cl)n1. The fraction of sp³-hybridized carbons (Fsp3) is 0.0833. The van der Waals surface area contributed by atoms with Crippen molar-refractivity contribution in [2.75, 3.05) is 5.32 Å². The molecule has 6 nitrogen and oxygen atoms in total. The highest BCUT2D eigenvalue weighted by atomic mass is 35.5. The molecule has 0 aliphatic heterocycles. The number of amides is 1. The van der Waals surface area contributed by atoms with Crippen molar-refractivity contribution in [2.45, 2.75) is 6.18 Å². The Morgan fingerprint density at radius 1 is 1.30 bits per heavy atom. The summed E-state index contributed by atoms with van der Waals surface area (Å²) in [4.78, 5) is 10.8. The predicted molar refractivity (Wildman–Crippen MR) is 74.9 cm³/mol. The zero-order valence-electron chi connectivity index (χ0n) is 10.8. The molecule has 0 spiro atoms. The molecule has 2 N–H and O–H groups in total. The van der Waals surface area contributed by atoms with E-state index in [9.17, 15) is 18.0 Å². The molecule has 1 aromatic heterocycles. The van der Waals surface area contributed by atoms with E-state index in [0.29, 0.717) is 12.1 Å². The number of benzene rings is 1. The van der Waals surface area contributed by atoms with Crippen LogP contribution < -0.4 is 5.32 Å². The van der Waals surface area contributed by atoms with Crippen LogP contribution >= 0.6 is 23.2 Å². The zero-order chi connectivity index (χ0) is 17.4. The smallest absolute Gasteiger partial charge is 0.416 e. The standard InChI is InChI=1S/C12H5Cl2F3N4O2/c13-7-1-5(12(15,16)17)2-8(14)10(7)21-9(19-11(22)23)3-6(4-18)20-21/h1-3,19H,(H,22,23). The Balaban J connectivity index is 2.65. The van der Waals surface area contributed by atoms with Crippen molar-refractivity contribution < 1.29 is 23.1 Å². The first-order valence-electron chi connectivity index (χ1n) is 5.70. The van der Waals surface area contributed by atoms with E-state index in [0.717, 1.165) is 10.7 Å². The van der Waals surface area contributed by atoms with Gasteiger partial charge in [-0.15, -0.1) is 0 Å². The van der Waals surface area contributed by atoms with Gasteiger partial charge in [-0.2, -0.15) is 23.5 Å². The van der Waals surface area contributed by atoms with Crippen molar-refractivity contribution in [1.29, 1.82) is 5.26 Å². The molecular weight excluding hydrogens is 360 g/mol. The van der Waals surface area contributed by atoms with Gasteiger partial charge < -0.3 is 5.11 Å². The van der Waals surface area contributed by atoms with Crippen LogP contribution in [0.1, 0.15) is 11.3 Å². The predicted octanol–water partition coefficient (Wildman–Crippen LogP) is 4.16. The van der Waals surface area contributed by atoms with Crippen LogP contribution in [0, 0.1) is 11.3 Å². The molecule has 0 bridgehead atoms. The lowest BCUT2D eigenvalue weighted by Gasteiger charge is -2.14. The van der Waals surface area contributed by atoms with Crippen molar-refractivity contribution >= 4 is 35.1 Å². The molecule has 0 unspecified atom stereocenters. The first kappa shape index (κ1) is 16.9. The largest absolute Gasteiger partial charge is 0.465 e. The molecule has 0 aliphatic carbocycles. The molecule has 11 heteroatoms. The highest BCUT2D eigenvalue weighted by molar-refractivity contribution is 6.38. The van der Waals surface area contributed by atoms with Gasteiger partial charge in [0.25, 0.3) is 0 Å². The summed E-state index contributed by atoms with van der Waals surface area (Å²) < 4.78 is 39.0. The molecule has 1 heterocycles. The Morgan fingerprint density at radius 2 is 1.87 bits per heavy atom. The minimum absolute atomic E-state index is 0.180. The number of halogens is 5. The molecule has 0 radical (unpaired) electrons. The average molecular weight is 365 g/mol. The average Bonchev–Trinajstić information content (AvgIpc) is 2.79. The molecule has 1 amide bonds. The monoisotopic (exact) mass is 364 g/mol. The summed E-state index contributed by atoms with van der Waals surface area (Å²) in [5.41, 5.74) is -1.44. The van der Waals surface area contributed by atoms with Crippen LogP contribution in [0.2, 0.25) is 10.0 Å². The number of aromatic nitrogens is 2. The topological polar surface area (TPSA) is 90.9 Å². The Morgan fingerprint density at radius 3 is 2.30 bits per heavy atom. The molecule has 2 rings (SSSR count). The maximum Gasteiger partial charge on any atom is 0.416 e. The zero-order valence-corrected chi connectivity index (χ0v) is 12.3. The number of hydrogen-bond acceptors (Lipinski definition) is 3. The summed E-state index contributed by atoms with van der Waals surface area (Å²) in [5.74, 6) is -0.197. The minimum Gasteiger partial charge on any atom is -0.465 e. The van der Waals surface area contributed by atoms with Gasteiger partial charge in [0.2, 0.25) is 0 Å². The van der Waals surface area contributed by atoms with Gasteiger partial charge in [-0.25, -0.2) is 9.48 Å².